The molecule has 3 heteroatoms. The van der Waals surface area contributed by atoms with Gasteiger partial charge in [-0.2, -0.15) is 0 Å². The van der Waals surface area contributed by atoms with Crippen molar-refractivity contribution in [3.05, 3.63) is 35.4 Å². The molecule has 1 aliphatic carbocycles. The molecule has 0 heterocycles. The first kappa shape index (κ1) is 13.6. The van der Waals surface area contributed by atoms with Crippen LogP contribution in [0.3, 0.4) is 0 Å². The van der Waals surface area contributed by atoms with Crippen LogP contribution in [-0.2, 0) is 4.79 Å². The van der Waals surface area contributed by atoms with Crippen molar-refractivity contribution in [2.45, 2.75) is 26.3 Å². The second-order valence-corrected chi connectivity index (χ2v) is 5.18. The summed E-state index contributed by atoms with van der Waals surface area (Å²) in [6.07, 6.45) is 1.01. The van der Waals surface area contributed by atoms with Crippen LogP contribution in [0.5, 0.6) is 0 Å². The molecule has 1 amide bonds. The molecular weight excluding hydrogens is 236 g/mol. The van der Waals surface area contributed by atoms with Crippen molar-refractivity contribution in [1.29, 1.82) is 0 Å². The monoisotopic (exact) mass is 256 g/mol. The van der Waals surface area contributed by atoms with Crippen LogP contribution in [0.4, 0.5) is 0 Å². The van der Waals surface area contributed by atoms with Gasteiger partial charge in [0.25, 0.3) is 0 Å². The van der Waals surface area contributed by atoms with Gasteiger partial charge in [-0.05, 0) is 37.0 Å². The first-order chi connectivity index (χ1) is 9.11. The zero-order valence-corrected chi connectivity index (χ0v) is 11.4. The number of hydrogen-bond acceptors (Lipinski definition) is 2. The van der Waals surface area contributed by atoms with Gasteiger partial charge in [0, 0.05) is 11.5 Å². The predicted molar refractivity (Wildman–Crippen MR) is 76.2 cm³/mol. The molecule has 0 bridgehead atoms. The fraction of sp³-hybridized carbons (Fsp3) is 0.438. The Kier molecular flexibility index (Phi) is 4.24. The lowest BCUT2D eigenvalue weighted by molar-refractivity contribution is -0.123. The standard InChI is InChI=1S/C16H20N2O/c1-11-9-15(11)16(19)18-12(2)14-7-3-5-13(10-14)6-4-8-17/h3,5,7,10-12,15H,8-9,17H2,1-2H3,(H,18,19). The molecule has 3 N–H and O–H groups in total. The van der Waals surface area contributed by atoms with E-state index in [1.54, 1.807) is 0 Å². The molecule has 1 fully saturated rings. The van der Waals surface area contributed by atoms with Gasteiger partial charge in [0.15, 0.2) is 0 Å². The van der Waals surface area contributed by atoms with Crippen molar-refractivity contribution >= 4 is 5.91 Å². The number of benzene rings is 1. The highest BCUT2D eigenvalue weighted by atomic mass is 16.2. The highest BCUT2D eigenvalue weighted by Crippen LogP contribution is 2.38. The number of rotatable bonds is 3. The summed E-state index contributed by atoms with van der Waals surface area (Å²) in [5, 5.41) is 3.06. The summed E-state index contributed by atoms with van der Waals surface area (Å²) in [5.41, 5.74) is 7.37. The van der Waals surface area contributed by atoms with Crippen molar-refractivity contribution in [3.8, 4) is 11.8 Å². The summed E-state index contributed by atoms with van der Waals surface area (Å²) in [4.78, 5) is 11.9. The van der Waals surface area contributed by atoms with Gasteiger partial charge in [-0.15, -0.1) is 0 Å². The number of carbonyl (C=O) groups is 1. The average Bonchev–Trinajstić information content (AvgIpc) is 3.14. The number of nitrogens with two attached hydrogens (primary N) is 1. The molecule has 2 rings (SSSR count). The summed E-state index contributed by atoms with van der Waals surface area (Å²) in [6, 6.07) is 7.93. The van der Waals surface area contributed by atoms with E-state index < -0.39 is 0 Å². The molecule has 3 unspecified atom stereocenters. The van der Waals surface area contributed by atoms with E-state index in [2.05, 4.69) is 24.1 Å². The van der Waals surface area contributed by atoms with Gasteiger partial charge in [-0.3, -0.25) is 4.79 Å². The Bertz CT molecular complexity index is 527. The Labute approximate surface area is 114 Å². The molecular formula is C16H20N2O. The molecule has 100 valence electrons. The summed E-state index contributed by atoms with van der Waals surface area (Å²) in [6.45, 7) is 4.47. The van der Waals surface area contributed by atoms with E-state index in [0.717, 1.165) is 17.5 Å². The third kappa shape index (κ3) is 3.59. The molecule has 0 aliphatic heterocycles. The SMILES string of the molecule is CC(NC(=O)C1CC1C)c1cccc(C#CCN)c1. The third-order valence-electron chi connectivity index (χ3n) is 3.53. The van der Waals surface area contributed by atoms with E-state index in [9.17, 15) is 4.79 Å². The number of amides is 1. The van der Waals surface area contributed by atoms with Crippen LogP contribution in [0.15, 0.2) is 24.3 Å². The van der Waals surface area contributed by atoms with Gasteiger partial charge in [0.1, 0.15) is 0 Å². The molecule has 0 radical (unpaired) electrons. The van der Waals surface area contributed by atoms with Crippen LogP contribution in [0.2, 0.25) is 0 Å². The fourth-order valence-electron chi connectivity index (χ4n) is 2.13. The van der Waals surface area contributed by atoms with E-state index in [-0.39, 0.29) is 17.9 Å². The van der Waals surface area contributed by atoms with Gasteiger partial charge in [0.05, 0.1) is 12.6 Å². The van der Waals surface area contributed by atoms with Crippen LogP contribution in [-0.4, -0.2) is 12.5 Å². The Morgan fingerprint density at radius 1 is 1.58 bits per heavy atom. The van der Waals surface area contributed by atoms with Crippen LogP contribution >= 0.6 is 0 Å². The molecule has 1 aromatic rings. The summed E-state index contributed by atoms with van der Waals surface area (Å²) in [5.74, 6) is 6.76. The minimum Gasteiger partial charge on any atom is -0.349 e. The lowest BCUT2D eigenvalue weighted by atomic mass is 10.0. The summed E-state index contributed by atoms with van der Waals surface area (Å²) in [7, 11) is 0. The molecule has 0 aromatic heterocycles. The number of nitrogens with one attached hydrogen (secondary N) is 1. The van der Waals surface area contributed by atoms with Crippen LogP contribution in [0.25, 0.3) is 0 Å². The van der Waals surface area contributed by atoms with Gasteiger partial charge < -0.3 is 11.1 Å². The van der Waals surface area contributed by atoms with E-state index >= 15 is 0 Å². The Morgan fingerprint density at radius 2 is 2.32 bits per heavy atom. The summed E-state index contributed by atoms with van der Waals surface area (Å²) < 4.78 is 0. The first-order valence-electron chi connectivity index (χ1n) is 6.71. The van der Waals surface area contributed by atoms with E-state index in [0.29, 0.717) is 12.5 Å². The molecule has 0 spiro atoms. The molecule has 1 aliphatic rings. The van der Waals surface area contributed by atoms with Crippen molar-refractivity contribution in [3.63, 3.8) is 0 Å². The second kappa shape index (κ2) is 5.90. The van der Waals surface area contributed by atoms with E-state index in [4.69, 9.17) is 5.73 Å². The van der Waals surface area contributed by atoms with Crippen LogP contribution in [0, 0.1) is 23.7 Å². The number of carbonyl (C=O) groups excluding carboxylic acids is 1. The predicted octanol–water partition coefficient (Wildman–Crippen LogP) is 1.83. The van der Waals surface area contributed by atoms with Crippen molar-refractivity contribution in [2.24, 2.45) is 17.6 Å². The van der Waals surface area contributed by atoms with Crippen LogP contribution < -0.4 is 11.1 Å². The van der Waals surface area contributed by atoms with Crippen molar-refractivity contribution in [1.82, 2.24) is 5.32 Å². The zero-order valence-electron chi connectivity index (χ0n) is 11.4. The largest absolute Gasteiger partial charge is 0.349 e. The minimum absolute atomic E-state index is 0.0138. The van der Waals surface area contributed by atoms with Crippen molar-refractivity contribution in [2.75, 3.05) is 6.54 Å². The first-order valence-corrected chi connectivity index (χ1v) is 6.71. The lowest BCUT2D eigenvalue weighted by Crippen LogP contribution is -2.28. The molecule has 3 nitrogen and oxygen atoms in total. The minimum atomic E-state index is 0.0138. The van der Waals surface area contributed by atoms with Crippen molar-refractivity contribution < 1.29 is 4.79 Å². The smallest absolute Gasteiger partial charge is 0.223 e. The fourth-order valence-corrected chi connectivity index (χ4v) is 2.13. The zero-order chi connectivity index (χ0) is 13.8. The normalized spacial score (nSPS) is 22.1. The van der Waals surface area contributed by atoms with Gasteiger partial charge in [-0.1, -0.05) is 30.9 Å². The summed E-state index contributed by atoms with van der Waals surface area (Å²) >= 11 is 0. The molecule has 0 saturated heterocycles. The van der Waals surface area contributed by atoms with Gasteiger partial charge in [0.2, 0.25) is 5.91 Å². The van der Waals surface area contributed by atoms with Gasteiger partial charge >= 0.3 is 0 Å². The number of hydrogen-bond donors (Lipinski definition) is 2. The molecule has 1 saturated carbocycles. The third-order valence-corrected chi connectivity index (χ3v) is 3.53. The quantitative estimate of drug-likeness (QED) is 0.811. The van der Waals surface area contributed by atoms with E-state index in [1.165, 1.54) is 0 Å². The Morgan fingerprint density at radius 3 is 2.95 bits per heavy atom. The Hall–Kier alpha value is -1.79. The van der Waals surface area contributed by atoms with Crippen LogP contribution in [0.1, 0.15) is 37.4 Å². The molecule has 1 aromatic carbocycles. The lowest BCUT2D eigenvalue weighted by Gasteiger charge is -2.14. The molecule has 19 heavy (non-hydrogen) atoms. The second-order valence-electron chi connectivity index (χ2n) is 5.18. The van der Waals surface area contributed by atoms with Gasteiger partial charge in [-0.25, -0.2) is 0 Å². The topological polar surface area (TPSA) is 55.1 Å². The highest BCUT2D eigenvalue weighted by molar-refractivity contribution is 5.81. The molecule has 3 atom stereocenters. The maximum absolute atomic E-state index is 11.9. The highest BCUT2D eigenvalue weighted by Gasteiger charge is 2.39. The average molecular weight is 256 g/mol. The maximum atomic E-state index is 11.9. The van der Waals surface area contributed by atoms with E-state index in [1.807, 2.05) is 31.2 Å². The maximum Gasteiger partial charge on any atom is 0.223 e. The Balaban J connectivity index is 2.02.